The molecular formula is C9H11BrN2S. The lowest BCUT2D eigenvalue weighted by Crippen LogP contribution is -2.31. The van der Waals surface area contributed by atoms with Gasteiger partial charge >= 0.3 is 0 Å². The third-order valence-electron chi connectivity index (χ3n) is 2.80. The lowest BCUT2D eigenvalue weighted by Gasteiger charge is -2.25. The van der Waals surface area contributed by atoms with Gasteiger partial charge in [0.1, 0.15) is 0 Å². The maximum absolute atomic E-state index is 4.47. The lowest BCUT2D eigenvalue weighted by atomic mass is 10.2. The van der Waals surface area contributed by atoms with Gasteiger partial charge in [-0.05, 0) is 28.8 Å². The van der Waals surface area contributed by atoms with Crippen LogP contribution < -0.4 is 0 Å². The smallest absolute Gasteiger partial charge is 0.159 e. The van der Waals surface area contributed by atoms with Gasteiger partial charge in [-0.2, -0.15) is 0 Å². The summed E-state index contributed by atoms with van der Waals surface area (Å²) in [7, 11) is 0. The first-order chi connectivity index (χ1) is 6.33. The number of halogens is 1. The van der Waals surface area contributed by atoms with Crippen molar-refractivity contribution in [3.8, 4) is 0 Å². The molecule has 3 rings (SSSR count). The van der Waals surface area contributed by atoms with E-state index >= 15 is 0 Å². The van der Waals surface area contributed by atoms with Gasteiger partial charge in [0.05, 0.1) is 5.69 Å². The summed E-state index contributed by atoms with van der Waals surface area (Å²) >= 11 is 5.26. The van der Waals surface area contributed by atoms with E-state index in [2.05, 4.69) is 25.8 Å². The van der Waals surface area contributed by atoms with Gasteiger partial charge in [0.25, 0.3) is 0 Å². The van der Waals surface area contributed by atoms with E-state index in [9.17, 15) is 0 Å². The maximum Gasteiger partial charge on any atom is 0.159 e. The summed E-state index contributed by atoms with van der Waals surface area (Å²) in [5, 5.41) is 0. The Hall–Kier alpha value is 0.0700. The van der Waals surface area contributed by atoms with E-state index in [0.29, 0.717) is 0 Å². The number of hydrogen-bond acceptors (Lipinski definition) is 3. The molecule has 0 amide bonds. The molecule has 1 aliphatic heterocycles. The van der Waals surface area contributed by atoms with Crippen molar-refractivity contribution in [3.63, 3.8) is 0 Å². The Morgan fingerprint density at radius 3 is 3.08 bits per heavy atom. The molecule has 1 aromatic heterocycles. The van der Waals surface area contributed by atoms with Gasteiger partial charge < -0.3 is 0 Å². The summed E-state index contributed by atoms with van der Waals surface area (Å²) in [6.45, 7) is 2.36. The predicted octanol–water partition coefficient (Wildman–Crippen LogP) is 2.43. The topological polar surface area (TPSA) is 16.1 Å². The fourth-order valence-corrected chi connectivity index (χ4v) is 3.59. The van der Waals surface area contributed by atoms with Crippen LogP contribution in [0.1, 0.15) is 23.4 Å². The first-order valence-corrected chi connectivity index (χ1v) is 6.32. The highest BCUT2D eigenvalue weighted by atomic mass is 79.9. The second kappa shape index (κ2) is 3.04. The molecule has 0 bridgehead atoms. The normalized spacial score (nSPS) is 23.2. The summed E-state index contributed by atoms with van der Waals surface area (Å²) in [6, 6.07) is 0.897. The SMILES string of the molecule is Brc1nc2c(s1)CN(C1CC1)CC2. The minimum Gasteiger partial charge on any atom is -0.295 e. The van der Waals surface area contributed by atoms with Crippen LogP contribution in [0.2, 0.25) is 0 Å². The van der Waals surface area contributed by atoms with Crippen molar-refractivity contribution in [1.82, 2.24) is 9.88 Å². The van der Waals surface area contributed by atoms with E-state index in [-0.39, 0.29) is 0 Å². The van der Waals surface area contributed by atoms with Crippen molar-refractivity contribution in [2.75, 3.05) is 6.54 Å². The average molecular weight is 259 g/mol. The van der Waals surface area contributed by atoms with Crippen LogP contribution in [-0.4, -0.2) is 22.5 Å². The molecule has 1 saturated carbocycles. The minimum atomic E-state index is 0.897. The quantitative estimate of drug-likeness (QED) is 0.770. The zero-order valence-electron chi connectivity index (χ0n) is 7.29. The Kier molecular flexibility index (Phi) is 1.96. The zero-order valence-corrected chi connectivity index (χ0v) is 9.70. The molecule has 13 heavy (non-hydrogen) atoms. The van der Waals surface area contributed by atoms with Gasteiger partial charge in [-0.25, -0.2) is 4.98 Å². The molecule has 0 N–H and O–H groups in total. The second-order valence-corrected chi connectivity index (χ2v) is 6.15. The van der Waals surface area contributed by atoms with Gasteiger partial charge in [0, 0.05) is 30.4 Å². The molecule has 0 saturated heterocycles. The molecule has 0 aromatic carbocycles. The number of nitrogens with zero attached hydrogens (tertiary/aromatic N) is 2. The molecule has 1 aliphatic carbocycles. The Bertz CT molecular complexity index is 332. The van der Waals surface area contributed by atoms with Crippen molar-refractivity contribution in [2.24, 2.45) is 0 Å². The maximum atomic E-state index is 4.47. The molecule has 1 fully saturated rings. The number of fused-ring (bicyclic) bond motifs is 1. The first kappa shape index (κ1) is 8.38. The van der Waals surface area contributed by atoms with Crippen molar-refractivity contribution < 1.29 is 0 Å². The van der Waals surface area contributed by atoms with Crippen LogP contribution in [0, 0.1) is 0 Å². The zero-order chi connectivity index (χ0) is 8.84. The van der Waals surface area contributed by atoms with Crippen molar-refractivity contribution in [3.05, 3.63) is 14.5 Å². The molecule has 4 heteroatoms. The molecular weight excluding hydrogens is 248 g/mol. The standard InChI is InChI=1S/C9H11BrN2S/c10-9-11-7-3-4-12(6-1-2-6)5-8(7)13-9/h6H,1-5H2. The van der Waals surface area contributed by atoms with Gasteiger partial charge in [0.2, 0.25) is 0 Å². The first-order valence-electron chi connectivity index (χ1n) is 4.71. The van der Waals surface area contributed by atoms with E-state index in [1.807, 2.05) is 0 Å². The molecule has 2 heterocycles. The summed E-state index contributed by atoms with van der Waals surface area (Å²) in [5.41, 5.74) is 1.33. The molecule has 0 atom stereocenters. The lowest BCUT2D eigenvalue weighted by molar-refractivity contribution is 0.245. The summed E-state index contributed by atoms with van der Waals surface area (Å²) < 4.78 is 1.05. The van der Waals surface area contributed by atoms with Crippen LogP contribution in [-0.2, 0) is 13.0 Å². The predicted molar refractivity (Wildman–Crippen MR) is 57.0 cm³/mol. The Morgan fingerprint density at radius 2 is 2.31 bits per heavy atom. The highest BCUT2D eigenvalue weighted by molar-refractivity contribution is 9.11. The minimum absolute atomic E-state index is 0.897. The van der Waals surface area contributed by atoms with Gasteiger partial charge in [0.15, 0.2) is 3.92 Å². The van der Waals surface area contributed by atoms with Gasteiger partial charge in [-0.1, -0.05) is 0 Å². The van der Waals surface area contributed by atoms with Crippen molar-refractivity contribution in [2.45, 2.75) is 31.8 Å². The van der Waals surface area contributed by atoms with E-state index in [1.54, 1.807) is 11.3 Å². The van der Waals surface area contributed by atoms with Crippen LogP contribution in [0.25, 0.3) is 0 Å². The summed E-state index contributed by atoms with van der Waals surface area (Å²) in [5.74, 6) is 0. The molecule has 70 valence electrons. The molecule has 0 unspecified atom stereocenters. The Morgan fingerprint density at radius 1 is 1.46 bits per heavy atom. The largest absolute Gasteiger partial charge is 0.295 e. The summed E-state index contributed by atoms with van der Waals surface area (Å²) in [4.78, 5) is 8.55. The fourth-order valence-electron chi connectivity index (χ4n) is 1.94. The van der Waals surface area contributed by atoms with Crippen LogP contribution in [0.15, 0.2) is 3.92 Å². The molecule has 0 radical (unpaired) electrons. The number of hydrogen-bond donors (Lipinski definition) is 0. The van der Waals surface area contributed by atoms with Gasteiger partial charge in [-0.3, -0.25) is 4.90 Å². The van der Waals surface area contributed by atoms with Crippen LogP contribution in [0.4, 0.5) is 0 Å². The Balaban J connectivity index is 1.85. The highest BCUT2D eigenvalue weighted by Gasteiger charge is 2.32. The van der Waals surface area contributed by atoms with E-state index in [4.69, 9.17) is 0 Å². The fraction of sp³-hybridized carbons (Fsp3) is 0.667. The molecule has 0 spiro atoms. The monoisotopic (exact) mass is 258 g/mol. The molecule has 2 nitrogen and oxygen atoms in total. The van der Waals surface area contributed by atoms with E-state index in [1.165, 1.54) is 30.0 Å². The van der Waals surface area contributed by atoms with Crippen molar-refractivity contribution >= 4 is 27.3 Å². The summed E-state index contributed by atoms with van der Waals surface area (Å²) in [6.07, 6.45) is 3.97. The van der Waals surface area contributed by atoms with Crippen molar-refractivity contribution in [1.29, 1.82) is 0 Å². The molecule has 2 aliphatic rings. The van der Waals surface area contributed by atoms with E-state index < -0.39 is 0 Å². The van der Waals surface area contributed by atoms with Crippen LogP contribution in [0.5, 0.6) is 0 Å². The second-order valence-electron chi connectivity index (χ2n) is 3.79. The third-order valence-corrected chi connectivity index (χ3v) is 4.33. The number of rotatable bonds is 1. The number of thiazole rings is 1. The third kappa shape index (κ3) is 1.55. The van der Waals surface area contributed by atoms with Gasteiger partial charge in [-0.15, -0.1) is 11.3 Å². The van der Waals surface area contributed by atoms with E-state index in [0.717, 1.165) is 22.9 Å². The van der Waals surface area contributed by atoms with Crippen LogP contribution >= 0.6 is 27.3 Å². The van der Waals surface area contributed by atoms with Crippen LogP contribution in [0.3, 0.4) is 0 Å². The average Bonchev–Trinajstić information content (AvgIpc) is 2.87. The highest BCUT2D eigenvalue weighted by Crippen LogP contribution is 2.34. The Labute approximate surface area is 90.1 Å². The molecule has 1 aromatic rings. The number of aromatic nitrogens is 1.